The maximum Gasteiger partial charge on any atom is 0.202 e. The third kappa shape index (κ3) is 3.72. The van der Waals surface area contributed by atoms with Crippen LogP contribution in [0.1, 0.15) is 61.9 Å². The lowest BCUT2D eigenvalue weighted by Crippen LogP contribution is -2.48. The zero-order valence-corrected chi connectivity index (χ0v) is 20.1. The molecule has 0 bridgehead atoms. The lowest BCUT2D eigenvalue weighted by molar-refractivity contribution is -0.180. The summed E-state index contributed by atoms with van der Waals surface area (Å²) in [6.45, 7) is -1.03. The Kier molecular flexibility index (Phi) is 6.15. The smallest absolute Gasteiger partial charge is 0.202 e. The second-order valence-electron chi connectivity index (χ2n) is 9.45. The average molecular weight is 527 g/mol. The summed E-state index contributed by atoms with van der Waals surface area (Å²) in [4.78, 5) is 39.6. The van der Waals surface area contributed by atoms with E-state index in [4.69, 9.17) is 19.9 Å². The number of methoxy groups -OCH3 is 1. The van der Waals surface area contributed by atoms with Gasteiger partial charge in [0.1, 0.15) is 41.5 Å². The van der Waals surface area contributed by atoms with Gasteiger partial charge in [0, 0.05) is 36.0 Å². The monoisotopic (exact) mass is 527 g/mol. The summed E-state index contributed by atoms with van der Waals surface area (Å²) in [7, 11) is 1.32. The van der Waals surface area contributed by atoms with Gasteiger partial charge in [-0.05, 0) is 6.07 Å². The van der Waals surface area contributed by atoms with E-state index in [0.717, 1.165) is 6.26 Å². The molecule has 200 valence electrons. The summed E-state index contributed by atoms with van der Waals surface area (Å²) in [5, 5.41) is 53.1. The molecule has 2 aromatic carbocycles. The number of Topliss-reactive ketones (excluding diaryl/α,β-unsaturated/α-hetero) is 1. The molecule has 7 N–H and O–H groups in total. The number of carbonyl (C=O) groups excluding carboxylic acids is 3. The van der Waals surface area contributed by atoms with Crippen molar-refractivity contribution < 1.29 is 54.1 Å². The number of benzene rings is 2. The summed E-state index contributed by atoms with van der Waals surface area (Å²) in [5.74, 6) is -4.06. The number of aliphatic hydroxyl groups excluding tert-OH is 2. The van der Waals surface area contributed by atoms with Crippen LogP contribution in [-0.4, -0.2) is 74.5 Å². The molecule has 12 nitrogen and oxygen atoms in total. The van der Waals surface area contributed by atoms with Crippen molar-refractivity contribution in [2.24, 2.45) is 5.73 Å². The third-order valence-electron chi connectivity index (χ3n) is 7.22. The Morgan fingerprint density at radius 3 is 2.50 bits per heavy atom. The number of phenolic OH excluding ortho intramolecular Hbond substituents is 2. The minimum Gasteiger partial charge on any atom is -0.507 e. The van der Waals surface area contributed by atoms with E-state index in [1.165, 1.54) is 25.3 Å². The first kappa shape index (κ1) is 25.7. The number of ether oxygens (including phenoxy) is 3. The number of hydrogen-bond donors (Lipinski definition) is 6. The fourth-order valence-corrected chi connectivity index (χ4v) is 5.28. The van der Waals surface area contributed by atoms with Crippen LogP contribution in [0.15, 0.2) is 30.2 Å². The zero-order valence-electron chi connectivity index (χ0n) is 20.1. The normalized spacial score (nSPS) is 26.0. The molecule has 0 fully saturated rings. The maximum absolute atomic E-state index is 13.6. The lowest BCUT2D eigenvalue weighted by atomic mass is 9.72. The molecule has 38 heavy (non-hydrogen) atoms. The molecule has 0 amide bonds. The fraction of sp³-hybridized carbons (Fsp3) is 0.346. The fourth-order valence-electron chi connectivity index (χ4n) is 5.28. The van der Waals surface area contributed by atoms with Gasteiger partial charge in [-0.1, -0.05) is 12.1 Å². The van der Waals surface area contributed by atoms with Crippen molar-refractivity contribution in [3.05, 3.63) is 63.6 Å². The highest BCUT2D eigenvalue weighted by molar-refractivity contribution is 6.31. The Bertz CT molecular complexity index is 1410. The summed E-state index contributed by atoms with van der Waals surface area (Å²) >= 11 is 0. The molecule has 1 heterocycles. The number of aromatic hydroxyl groups is 2. The van der Waals surface area contributed by atoms with Gasteiger partial charge in [-0.2, -0.15) is 0 Å². The van der Waals surface area contributed by atoms with E-state index in [2.05, 4.69) is 0 Å². The first-order valence-electron chi connectivity index (χ1n) is 11.7. The molecular formula is C26H25NO11. The average Bonchev–Trinajstić information content (AvgIpc) is 2.90. The number of ketones is 3. The highest BCUT2D eigenvalue weighted by Crippen LogP contribution is 2.52. The Morgan fingerprint density at radius 2 is 1.84 bits per heavy atom. The molecule has 3 aliphatic rings. The van der Waals surface area contributed by atoms with Gasteiger partial charge < -0.3 is 45.5 Å². The van der Waals surface area contributed by atoms with Crippen LogP contribution in [0, 0.1) is 0 Å². The van der Waals surface area contributed by atoms with Crippen molar-refractivity contribution in [1.82, 2.24) is 0 Å². The lowest BCUT2D eigenvalue weighted by Gasteiger charge is -2.40. The molecule has 5 rings (SSSR count). The minimum absolute atomic E-state index is 0.0415. The molecule has 1 aliphatic heterocycles. The van der Waals surface area contributed by atoms with Crippen molar-refractivity contribution in [2.75, 3.05) is 13.7 Å². The Morgan fingerprint density at radius 1 is 1.13 bits per heavy atom. The van der Waals surface area contributed by atoms with Crippen molar-refractivity contribution >= 4 is 17.3 Å². The van der Waals surface area contributed by atoms with Crippen LogP contribution in [0.5, 0.6) is 17.2 Å². The molecule has 0 radical (unpaired) electrons. The second-order valence-corrected chi connectivity index (χ2v) is 9.45. The zero-order chi connectivity index (χ0) is 27.5. The standard InChI is InChI=1S/C26H25NO11/c1-36-14-4-2-3-10-18(14)24(33)21-20(22(10)31)23(32)11-6-26(35,16(30)8-28)7-15(19(11)25(21)34)38-17-5-12(27)13(29)9-37-17/h2-4,9,12,15,17,28-29,32,34-35H,5-8,27H2,1H3/t12?,15-,17?,26-/m0/s1. The van der Waals surface area contributed by atoms with Crippen molar-refractivity contribution in [2.45, 2.75) is 43.3 Å². The largest absolute Gasteiger partial charge is 0.507 e. The van der Waals surface area contributed by atoms with Crippen LogP contribution < -0.4 is 10.5 Å². The van der Waals surface area contributed by atoms with E-state index in [1.807, 2.05) is 0 Å². The van der Waals surface area contributed by atoms with Crippen LogP contribution in [0.4, 0.5) is 0 Å². The number of fused-ring (bicyclic) bond motifs is 3. The molecule has 0 aromatic heterocycles. The number of carbonyl (C=O) groups is 3. The molecule has 0 saturated heterocycles. The first-order chi connectivity index (χ1) is 18.0. The van der Waals surface area contributed by atoms with Gasteiger partial charge in [0.2, 0.25) is 12.1 Å². The van der Waals surface area contributed by atoms with Gasteiger partial charge in [-0.15, -0.1) is 0 Å². The van der Waals surface area contributed by atoms with Crippen LogP contribution in [0.25, 0.3) is 0 Å². The van der Waals surface area contributed by atoms with E-state index in [1.54, 1.807) is 0 Å². The van der Waals surface area contributed by atoms with Crippen LogP contribution in [-0.2, 0) is 20.7 Å². The van der Waals surface area contributed by atoms with Gasteiger partial charge in [0.05, 0.1) is 35.9 Å². The minimum atomic E-state index is -2.25. The number of aliphatic hydroxyl groups is 3. The molecule has 2 aliphatic carbocycles. The van der Waals surface area contributed by atoms with Gasteiger partial charge in [-0.25, -0.2) is 0 Å². The van der Waals surface area contributed by atoms with Crippen molar-refractivity contribution in [3.8, 4) is 17.2 Å². The van der Waals surface area contributed by atoms with Crippen LogP contribution in [0.2, 0.25) is 0 Å². The molecular weight excluding hydrogens is 502 g/mol. The second kappa shape index (κ2) is 9.10. The quantitative estimate of drug-likeness (QED) is 0.253. The van der Waals surface area contributed by atoms with Crippen LogP contribution in [0.3, 0.4) is 0 Å². The summed E-state index contributed by atoms with van der Waals surface area (Å²) < 4.78 is 16.5. The van der Waals surface area contributed by atoms with E-state index in [-0.39, 0.29) is 40.2 Å². The Balaban J connectivity index is 1.70. The van der Waals surface area contributed by atoms with Gasteiger partial charge in [0.15, 0.2) is 11.6 Å². The van der Waals surface area contributed by atoms with Gasteiger partial charge in [-0.3, -0.25) is 14.4 Å². The maximum atomic E-state index is 13.6. The molecule has 0 spiro atoms. The van der Waals surface area contributed by atoms with Crippen molar-refractivity contribution in [1.29, 1.82) is 0 Å². The number of rotatable bonds is 5. The topological polar surface area (TPSA) is 206 Å². The molecule has 4 atom stereocenters. The SMILES string of the molecule is COc1cccc2c1C(=O)c1c(O)c3c(c(O)c1C2=O)C[C@@](O)(C(=O)CO)C[C@@H]3OC1CC(N)C(O)=CO1. The van der Waals surface area contributed by atoms with Gasteiger partial charge >= 0.3 is 0 Å². The first-order valence-corrected chi connectivity index (χ1v) is 11.7. The predicted octanol–water partition coefficient (Wildman–Crippen LogP) is 0.651. The molecule has 2 aromatic rings. The predicted molar refractivity (Wildman–Crippen MR) is 127 cm³/mol. The number of phenols is 2. The molecule has 2 unspecified atom stereocenters. The summed E-state index contributed by atoms with van der Waals surface area (Å²) in [6.07, 6.45) is -2.60. The molecule has 12 heteroatoms. The van der Waals surface area contributed by atoms with E-state index < -0.39 is 83.5 Å². The van der Waals surface area contributed by atoms with E-state index in [0.29, 0.717) is 0 Å². The van der Waals surface area contributed by atoms with Crippen LogP contribution >= 0.6 is 0 Å². The number of hydrogen-bond acceptors (Lipinski definition) is 12. The molecule has 0 saturated carbocycles. The summed E-state index contributed by atoms with van der Waals surface area (Å²) in [5.41, 5.74) is 2.14. The Hall–Kier alpha value is -3.97. The highest BCUT2D eigenvalue weighted by Gasteiger charge is 2.49. The van der Waals surface area contributed by atoms with Gasteiger partial charge in [0.25, 0.3) is 0 Å². The van der Waals surface area contributed by atoms with Crippen molar-refractivity contribution in [3.63, 3.8) is 0 Å². The summed E-state index contributed by atoms with van der Waals surface area (Å²) in [6, 6.07) is 3.50. The Labute approximate surface area is 215 Å². The highest BCUT2D eigenvalue weighted by atomic mass is 16.7. The third-order valence-corrected chi connectivity index (χ3v) is 7.22. The van der Waals surface area contributed by atoms with E-state index in [9.17, 15) is 39.9 Å². The number of nitrogens with two attached hydrogens (primary N) is 1. The van der Waals surface area contributed by atoms with E-state index >= 15 is 0 Å².